The summed E-state index contributed by atoms with van der Waals surface area (Å²) in [5, 5.41) is 1.79. The predicted molar refractivity (Wildman–Crippen MR) is 113 cm³/mol. The Balaban J connectivity index is 1.27. The zero-order valence-electron chi connectivity index (χ0n) is 16.5. The van der Waals surface area contributed by atoms with Gasteiger partial charge in [0.25, 0.3) is 0 Å². The first kappa shape index (κ1) is 20.1. The van der Waals surface area contributed by atoms with E-state index in [0.717, 1.165) is 61.2 Å². The minimum Gasteiger partial charge on any atom is -0.497 e. The summed E-state index contributed by atoms with van der Waals surface area (Å²) in [6.07, 6.45) is 6.99. The second kappa shape index (κ2) is 9.53. The Kier molecular flexibility index (Phi) is 6.60. The molecule has 1 aliphatic rings. The zero-order chi connectivity index (χ0) is 20.1. The normalized spacial score (nSPS) is 19.4. The molecule has 1 saturated heterocycles. The van der Waals surface area contributed by atoms with Crippen LogP contribution < -0.4 is 4.74 Å². The maximum absolute atomic E-state index is 5.97. The van der Waals surface area contributed by atoms with Crippen LogP contribution in [0, 0.1) is 5.92 Å². The van der Waals surface area contributed by atoms with Gasteiger partial charge in [-0.2, -0.15) is 0 Å². The maximum atomic E-state index is 5.97. The number of rotatable bonds is 7. The number of hydrogen-bond donors (Lipinski definition) is 0. The Morgan fingerprint density at radius 2 is 1.90 bits per heavy atom. The second-order valence-electron chi connectivity index (χ2n) is 7.36. The number of aromatic nitrogens is 2. The average molecular weight is 413 g/mol. The van der Waals surface area contributed by atoms with Gasteiger partial charge >= 0.3 is 0 Å². The van der Waals surface area contributed by atoms with Crippen LogP contribution in [0.3, 0.4) is 0 Å². The van der Waals surface area contributed by atoms with Crippen LogP contribution in [0.5, 0.6) is 5.75 Å². The number of halogens is 1. The molecule has 1 aliphatic heterocycles. The molecule has 3 aromatic rings. The van der Waals surface area contributed by atoms with Crippen molar-refractivity contribution in [3.63, 3.8) is 0 Å². The molecule has 29 heavy (non-hydrogen) atoms. The van der Waals surface area contributed by atoms with Gasteiger partial charge in [0, 0.05) is 35.8 Å². The van der Waals surface area contributed by atoms with Crippen molar-refractivity contribution in [1.29, 1.82) is 0 Å². The number of pyridine rings is 2. The molecule has 1 aromatic carbocycles. The summed E-state index contributed by atoms with van der Waals surface area (Å²) in [4.78, 5) is 8.79. The van der Waals surface area contributed by atoms with Crippen LogP contribution in [0.1, 0.15) is 24.1 Å². The van der Waals surface area contributed by atoms with E-state index in [1.807, 2.05) is 36.5 Å². The van der Waals surface area contributed by atoms with E-state index in [0.29, 0.717) is 10.9 Å². The summed E-state index contributed by atoms with van der Waals surface area (Å²) >= 11 is 5.89. The summed E-state index contributed by atoms with van der Waals surface area (Å²) in [5.74, 6) is 1.24. The Morgan fingerprint density at radius 1 is 1.03 bits per heavy atom. The summed E-state index contributed by atoms with van der Waals surface area (Å²) in [6.45, 7) is 1.45. The Hall–Kier alpha value is -2.21. The van der Waals surface area contributed by atoms with Gasteiger partial charge in [0.15, 0.2) is 6.29 Å². The van der Waals surface area contributed by atoms with Crippen LogP contribution in [-0.4, -0.2) is 36.6 Å². The molecule has 0 aliphatic carbocycles. The molecule has 0 atom stereocenters. The number of aryl methyl sites for hydroxylation is 2. The van der Waals surface area contributed by atoms with Crippen LogP contribution >= 0.6 is 11.6 Å². The molecule has 0 unspecified atom stereocenters. The molecule has 0 radical (unpaired) electrons. The molecule has 0 spiro atoms. The lowest BCUT2D eigenvalue weighted by molar-refractivity contribution is -0.203. The largest absolute Gasteiger partial charge is 0.497 e. The highest BCUT2D eigenvalue weighted by molar-refractivity contribution is 6.30. The first-order valence-electron chi connectivity index (χ1n) is 9.96. The monoisotopic (exact) mass is 412 g/mol. The van der Waals surface area contributed by atoms with E-state index in [1.54, 1.807) is 13.3 Å². The van der Waals surface area contributed by atoms with Gasteiger partial charge in [-0.3, -0.25) is 9.97 Å². The van der Waals surface area contributed by atoms with E-state index in [2.05, 4.69) is 16.0 Å². The Bertz CT molecular complexity index is 941. The molecule has 4 rings (SSSR count). The smallest absolute Gasteiger partial charge is 0.157 e. The Morgan fingerprint density at radius 3 is 2.66 bits per heavy atom. The minimum absolute atomic E-state index is 0.159. The van der Waals surface area contributed by atoms with E-state index < -0.39 is 0 Å². The van der Waals surface area contributed by atoms with Crippen molar-refractivity contribution < 1.29 is 14.2 Å². The lowest BCUT2D eigenvalue weighted by Crippen LogP contribution is -2.32. The molecule has 5 nitrogen and oxygen atoms in total. The highest BCUT2D eigenvalue weighted by atomic mass is 35.5. The first-order valence-corrected chi connectivity index (χ1v) is 10.3. The SMILES string of the molecule is COc1ccc2nccc(CCC3OCC(CCc4ccc(Cl)cn4)CO3)c2c1. The number of nitrogens with zero attached hydrogens (tertiary/aromatic N) is 2. The molecular weight excluding hydrogens is 388 g/mol. The molecule has 1 fully saturated rings. The van der Waals surface area contributed by atoms with Crippen LogP contribution in [0.15, 0.2) is 48.8 Å². The van der Waals surface area contributed by atoms with Crippen LogP contribution in [0.2, 0.25) is 5.02 Å². The maximum Gasteiger partial charge on any atom is 0.157 e. The number of hydrogen-bond acceptors (Lipinski definition) is 5. The van der Waals surface area contributed by atoms with Crippen molar-refractivity contribution in [2.75, 3.05) is 20.3 Å². The minimum atomic E-state index is -0.159. The van der Waals surface area contributed by atoms with Gasteiger partial charge in [0.2, 0.25) is 0 Å². The van der Waals surface area contributed by atoms with Crippen molar-refractivity contribution in [2.45, 2.75) is 32.0 Å². The fourth-order valence-corrected chi connectivity index (χ4v) is 3.74. The zero-order valence-corrected chi connectivity index (χ0v) is 17.3. The highest BCUT2D eigenvalue weighted by Gasteiger charge is 2.22. The van der Waals surface area contributed by atoms with Gasteiger partial charge in [0.05, 0.1) is 30.9 Å². The molecule has 0 amide bonds. The lowest BCUT2D eigenvalue weighted by atomic mass is 10.0. The fourth-order valence-electron chi connectivity index (χ4n) is 3.62. The van der Waals surface area contributed by atoms with Gasteiger partial charge in [-0.15, -0.1) is 0 Å². The quantitative estimate of drug-likeness (QED) is 0.555. The molecule has 2 aromatic heterocycles. The molecule has 0 bridgehead atoms. The van der Waals surface area contributed by atoms with Crippen LogP contribution in [0.25, 0.3) is 10.9 Å². The van der Waals surface area contributed by atoms with Crippen LogP contribution in [-0.2, 0) is 22.3 Å². The second-order valence-corrected chi connectivity index (χ2v) is 7.80. The number of fused-ring (bicyclic) bond motifs is 1. The van der Waals surface area contributed by atoms with E-state index in [1.165, 1.54) is 5.56 Å². The van der Waals surface area contributed by atoms with E-state index >= 15 is 0 Å². The van der Waals surface area contributed by atoms with Crippen molar-refractivity contribution >= 4 is 22.5 Å². The van der Waals surface area contributed by atoms with Gasteiger partial charge < -0.3 is 14.2 Å². The third-order valence-corrected chi connectivity index (χ3v) is 5.54. The predicted octanol–water partition coefficient (Wildman–Crippen LogP) is 4.85. The third kappa shape index (κ3) is 5.24. The first-order chi connectivity index (χ1) is 14.2. The molecule has 152 valence electrons. The van der Waals surface area contributed by atoms with Gasteiger partial charge in [-0.25, -0.2) is 0 Å². The average Bonchev–Trinajstić information content (AvgIpc) is 2.77. The Labute approximate surface area is 176 Å². The van der Waals surface area contributed by atoms with E-state index in [9.17, 15) is 0 Å². The number of ether oxygens (including phenoxy) is 3. The van der Waals surface area contributed by atoms with Gasteiger partial charge in [0.1, 0.15) is 5.75 Å². The van der Waals surface area contributed by atoms with Crippen molar-refractivity contribution in [2.24, 2.45) is 5.92 Å². The highest BCUT2D eigenvalue weighted by Crippen LogP contribution is 2.25. The summed E-state index contributed by atoms with van der Waals surface area (Å²) in [6, 6.07) is 11.9. The number of benzene rings is 1. The summed E-state index contributed by atoms with van der Waals surface area (Å²) in [7, 11) is 1.68. The van der Waals surface area contributed by atoms with E-state index in [-0.39, 0.29) is 6.29 Å². The van der Waals surface area contributed by atoms with Crippen molar-refractivity contribution in [3.05, 3.63) is 65.1 Å². The third-order valence-electron chi connectivity index (χ3n) is 5.32. The number of methoxy groups -OCH3 is 1. The molecule has 0 N–H and O–H groups in total. The van der Waals surface area contributed by atoms with Gasteiger partial charge in [-0.1, -0.05) is 11.6 Å². The molecular formula is C23H25ClN2O3. The summed E-state index contributed by atoms with van der Waals surface area (Å²) < 4.78 is 17.3. The fraction of sp³-hybridized carbons (Fsp3) is 0.391. The summed E-state index contributed by atoms with van der Waals surface area (Å²) in [5.41, 5.74) is 3.26. The molecule has 0 saturated carbocycles. The molecule has 3 heterocycles. The van der Waals surface area contributed by atoms with Crippen LogP contribution in [0.4, 0.5) is 0 Å². The standard InChI is InChI=1S/C23H25ClN2O3/c1-27-20-7-8-22-21(12-20)17(10-11-25-22)3-9-23-28-14-16(15-29-23)2-5-19-6-4-18(24)13-26-19/h4,6-8,10-13,16,23H,2-3,5,9,14-15H2,1H3. The van der Waals surface area contributed by atoms with Crippen molar-refractivity contribution in [1.82, 2.24) is 9.97 Å². The van der Waals surface area contributed by atoms with Gasteiger partial charge in [-0.05, 0) is 61.2 Å². The van der Waals surface area contributed by atoms with Crippen molar-refractivity contribution in [3.8, 4) is 5.75 Å². The lowest BCUT2D eigenvalue weighted by Gasteiger charge is -2.29. The van der Waals surface area contributed by atoms with E-state index in [4.69, 9.17) is 25.8 Å². The molecule has 6 heteroatoms. The topological polar surface area (TPSA) is 53.5 Å².